The summed E-state index contributed by atoms with van der Waals surface area (Å²) in [6, 6.07) is 0. The summed E-state index contributed by atoms with van der Waals surface area (Å²) in [6.45, 7) is 24.0. The molecule has 0 amide bonds. The highest BCUT2D eigenvalue weighted by Gasteiger charge is 2.36. The summed E-state index contributed by atoms with van der Waals surface area (Å²) in [7, 11) is 0. The molecule has 2 unspecified atom stereocenters. The van der Waals surface area contributed by atoms with E-state index in [9.17, 15) is 0 Å². The van der Waals surface area contributed by atoms with E-state index < -0.39 is 0 Å². The molecular weight excluding hydrogens is 829 g/mol. The Bertz CT molecular complexity index is 940. The van der Waals surface area contributed by atoms with Gasteiger partial charge in [-0.1, -0.05) is 371 Å². The summed E-state index contributed by atoms with van der Waals surface area (Å²) < 4.78 is 0. The van der Waals surface area contributed by atoms with Gasteiger partial charge in [0.15, 0.2) is 0 Å². The standard InChI is InChI=1S/C69H140/c1-63(2)53-43-33-25-18-13-11-15-21-29-37-48-58-68(59-49-39-38-47-57-67(9)10)69(62-52-42-32-24-28-36-46-56-66(7)8,61-51-41-31-23-17-20-27-35-45-55-65(5)6)60-50-40-30-22-16-12-14-19-26-34-44-54-64(3)4/h63-68H,11-62H2,1-10H3. The van der Waals surface area contributed by atoms with Gasteiger partial charge in [0, 0.05) is 0 Å². The monoisotopic (exact) mass is 969 g/mol. The molecule has 0 aromatic carbocycles. The summed E-state index contributed by atoms with van der Waals surface area (Å²) in [5.41, 5.74) is 0.607. The Kier molecular flexibility index (Phi) is 52.8. The van der Waals surface area contributed by atoms with Gasteiger partial charge in [-0.25, -0.2) is 0 Å². The Hall–Kier alpha value is 0. The lowest BCUT2D eigenvalue weighted by Gasteiger charge is -2.43. The molecule has 0 heteroatoms. The summed E-state index contributed by atoms with van der Waals surface area (Å²) >= 11 is 0. The minimum atomic E-state index is 0.607. The second-order valence-corrected chi connectivity index (χ2v) is 26.6. The molecular formula is C69H140. The van der Waals surface area contributed by atoms with Crippen LogP contribution in [-0.4, -0.2) is 0 Å². The van der Waals surface area contributed by atoms with Gasteiger partial charge < -0.3 is 0 Å². The van der Waals surface area contributed by atoms with Gasteiger partial charge in [-0.3, -0.25) is 0 Å². The maximum absolute atomic E-state index is 2.43. The molecule has 0 saturated heterocycles. The van der Waals surface area contributed by atoms with Crippen molar-refractivity contribution in [2.24, 2.45) is 40.9 Å². The average Bonchev–Trinajstić information content (AvgIpc) is 3.30. The van der Waals surface area contributed by atoms with Crippen LogP contribution in [0.15, 0.2) is 0 Å². The van der Waals surface area contributed by atoms with Crippen LogP contribution in [0.4, 0.5) is 0 Å². The third-order valence-corrected chi connectivity index (χ3v) is 17.2. The van der Waals surface area contributed by atoms with Gasteiger partial charge >= 0.3 is 0 Å². The van der Waals surface area contributed by atoms with Crippen molar-refractivity contribution in [2.45, 2.75) is 403 Å². The van der Waals surface area contributed by atoms with Gasteiger partial charge in [0.25, 0.3) is 0 Å². The van der Waals surface area contributed by atoms with Crippen LogP contribution in [0.5, 0.6) is 0 Å². The molecule has 0 N–H and O–H groups in total. The molecule has 0 nitrogen and oxygen atoms in total. The molecule has 0 saturated carbocycles. The van der Waals surface area contributed by atoms with Crippen molar-refractivity contribution in [3.8, 4) is 0 Å². The predicted molar refractivity (Wildman–Crippen MR) is 320 cm³/mol. The van der Waals surface area contributed by atoms with Crippen LogP contribution in [0.2, 0.25) is 0 Å². The largest absolute Gasteiger partial charge is 0.0628 e. The Labute approximate surface area is 442 Å². The van der Waals surface area contributed by atoms with Crippen molar-refractivity contribution in [3.05, 3.63) is 0 Å². The average molecular weight is 970 g/mol. The molecule has 0 aliphatic heterocycles. The number of unbranched alkanes of at least 4 members (excludes halogenated alkanes) is 37. The zero-order valence-corrected chi connectivity index (χ0v) is 50.7. The van der Waals surface area contributed by atoms with E-state index in [0.29, 0.717) is 5.41 Å². The third-order valence-electron chi connectivity index (χ3n) is 17.2. The lowest BCUT2D eigenvalue weighted by atomic mass is 9.62. The highest BCUT2D eigenvalue weighted by Crippen LogP contribution is 2.48. The van der Waals surface area contributed by atoms with E-state index in [1.807, 2.05) is 0 Å². The van der Waals surface area contributed by atoms with E-state index >= 15 is 0 Å². The first-order valence-electron chi connectivity index (χ1n) is 33.5. The van der Waals surface area contributed by atoms with E-state index in [-0.39, 0.29) is 0 Å². The zero-order chi connectivity index (χ0) is 50.7. The fourth-order valence-electron chi connectivity index (χ4n) is 12.4. The summed E-state index contributed by atoms with van der Waals surface area (Å²) in [6.07, 6.45) is 77.3. The summed E-state index contributed by atoms with van der Waals surface area (Å²) in [4.78, 5) is 0. The van der Waals surface area contributed by atoms with Crippen molar-refractivity contribution in [1.82, 2.24) is 0 Å². The SMILES string of the molecule is CC(C)CCCCCCCCCCCCCC(CCCCCCC(C)C)C(CCCCCCCCCCCCCC(C)C)(CCCCCCCCCCCC(C)C)CCCCCCCCCC(C)C. The molecule has 69 heavy (non-hydrogen) atoms. The third kappa shape index (κ3) is 51.3. The Morgan fingerprint density at radius 3 is 0.449 bits per heavy atom. The minimum absolute atomic E-state index is 0.607. The fourth-order valence-corrected chi connectivity index (χ4v) is 12.4. The van der Waals surface area contributed by atoms with Crippen molar-refractivity contribution in [1.29, 1.82) is 0 Å². The van der Waals surface area contributed by atoms with Crippen LogP contribution < -0.4 is 0 Å². The van der Waals surface area contributed by atoms with Crippen LogP contribution in [0.3, 0.4) is 0 Å². The topological polar surface area (TPSA) is 0 Å². The van der Waals surface area contributed by atoms with E-state index in [1.165, 1.54) is 302 Å². The van der Waals surface area contributed by atoms with Gasteiger partial charge in [0.05, 0.1) is 0 Å². The van der Waals surface area contributed by atoms with Crippen molar-refractivity contribution in [3.63, 3.8) is 0 Å². The first kappa shape index (κ1) is 69.0. The normalized spacial score (nSPS) is 13.6. The molecule has 0 aliphatic carbocycles. The lowest BCUT2D eigenvalue weighted by Crippen LogP contribution is -2.32. The van der Waals surface area contributed by atoms with E-state index in [2.05, 4.69) is 69.2 Å². The molecule has 0 aromatic rings. The van der Waals surface area contributed by atoms with Gasteiger partial charge in [-0.2, -0.15) is 0 Å². The molecule has 0 heterocycles. The van der Waals surface area contributed by atoms with Crippen molar-refractivity contribution >= 4 is 0 Å². The molecule has 0 aromatic heterocycles. The molecule has 0 rings (SSSR count). The quantitative estimate of drug-likeness (QED) is 0.0533. The molecule has 2 atom stereocenters. The second kappa shape index (κ2) is 52.8. The Morgan fingerprint density at radius 2 is 0.290 bits per heavy atom. The molecule has 0 fully saturated rings. The number of rotatable bonds is 58. The van der Waals surface area contributed by atoms with E-state index in [1.54, 1.807) is 32.1 Å². The van der Waals surface area contributed by atoms with Gasteiger partial charge in [0.2, 0.25) is 0 Å². The van der Waals surface area contributed by atoms with Crippen molar-refractivity contribution in [2.75, 3.05) is 0 Å². The first-order valence-corrected chi connectivity index (χ1v) is 33.5. The Balaban J connectivity index is 5.76. The minimum Gasteiger partial charge on any atom is -0.0628 e. The fraction of sp³-hybridized carbons (Fsp3) is 1.00. The highest BCUT2D eigenvalue weighted by atomic mass is 14.4. The maximum atomic E-state index is 2.43. The van der Waals surface area contributed by atoms with E-state index in [0.717, 1.165) is 35.5 Å². The molecule has 416 valence electrons. The van der Waals surface area contributed by atoms with Gasteiger partial charge in [0.1, 0.15) is 0 Å². The molecule has 0 radical (unpaired) electrons. The van der Waals surface area contributed by atoms with Crippen LogP contribution in [0.25, 0.3) is 0 Å². The first-order chi connectivity index (χ1) is 33.5. The highest BCUT2D eigenvalue weighted by molar-refractivity contribution is 4.87. The smallest absolute Gasteiger partial charge is 0.0269 e. The molecule has 0 bridgehead atoms. The van der Waals surface area contributed by atoms with E-state index in [4.69, 9.17) is 0 Å². The van der Waals surface area contributed by atoms with Crippen LogP contribution in [0.1, 0.15) is 403 Å². The summed E-state index contributed by atoms with van der Waals surface area (Å²) in [5, 5.41) is 0. The predicted octanol–water partition coefficient (Wildman–Crippen LogP) is 26.2. The summed E-state index contributed by atoms with van der Waals surface area (Å²) in [5.74, 6) is 5.35. The second-order valence-electron chi connectivity index (χ2n) is 26.6. The molecule has 0 aliphatic rings. The van der Waals surface area contributed by atoms with Crippen LogP contribution in [-0.2, 0) is 0 Å². The lowest BCUT2D eigenvalue weighted by molar-refractivity contribution is 0.0813. The van der Waals surface area contributed by atoms with Crippen LogP contribution in [0, 0.1) is 40.9 Å². The maximum Gasteiger partial charge on any atom is -0.0269 e. The zero-order valence-electron chi connectivity index (χ0n) is 50.7. The van der Waals surface area contributed by atoms with Gasteiger partial charge in [-0.15, -0.1) is 0 Å². The van der Waals surface area contributed by atoms with Crippen LogP contribution >= 0.6 is 0 Å². The van der Waals surface area contributed by atoms with Gasteiger partial charge in [-0.05, 0) is 73.0 Å². The molecule has 0 spiro atoms. The Morgan fingerprint density at radius 1 is 0.159 bits per heavy atom. The van der Waals surface area contributed by atoms with Crippen molar-refractivity contribution < 1.29 is 0 Å². The number of hydrogen-bond donors (Lipinski definition) is 0. The number of hydrogen-bond acceptors (Lipinski definition) is 0.